The van der Waals surface area contributed by atoms with Gasteiger partial charge in [0.25, 0.3) is 0 Å². The fraction of sp³-hybridized carbons (Fsp3) is 0.571. The second-order valence-electron chi connectivity index (χ2n) is 1.69. The van der Waals surface area contributed by atoms with Gasteiger partial charge < -0.3 is 0 Å². The Kier molecular flexibility index (Phi) is 5.07. The molecule has 2 nitrogen and oxygen atoms in total. The van der Waals surface area contributed by atoms with Gasteiger partial charge in [0.2, 0.25) is 0 Å². The molecular weight excluding hydrogens is 112 g/mol. The Bertz CT molecular complexity index is 139. The zero-order valence-corrected chi connectivity index (χ0v) is 4.55. The summed E-state index contributed by atoms with van der Waals surface area (Å²) in [5.74, 6) is 0. The van der Waals surface area contributed by atoms with Crippen molar-refractivity contribution in [3.05, 3.63) is 18.0 Å². The molecule has 0 aliphatic rings. The summed E-state index contributed by atoms with van der Waals surface area (Å²) in [6.45, 7) is 2.02. The number of aryl methyl sites for hydroxylation is 2. The van der Waals surface area contributed by atoms with E-state index in [9.17, 15) is 0 Å². The Morgan fingerprint density at radius 2 is 2.00 bits per heavy atom. The largest absolute Gasteiger partial charge is 0.276 e. The summed E-state index contributed by atoms with van der Waals surface area (Å²) in [7, 11) is 1.91. The van der Waals surface area contributed by atoms with Gasteiger partial charge in [-0.1, -0.05) is 14.9 Å². The molecule has 1 heterocycles. The number of nitrogens with zero attached hydrogens (tertiary/aromatic N) is 2. The highest BCUT2D eigenvalue weighted by molar-refractivity contribution is 4.98. The van der Waals surface area contributed by atoms with Crippen LogP contribution in [-0.2, 0) is 7.05 Å². The Morgan fingerprint density at radius 3 is 2.11 bits per heavy atom. The minimum absolute atomic E-state index is 0. The van der Waals surface area contributed by atoms with E-state index in [0.29, 0.717) is 0 Å². The summed E-state index contributed by atoms with van der Waals surface area (Å²) in [5, 5.41) is 3.93. The molecule has 0 aliphatic heterocycles. The van der Waals surface area contributed by atoms with Crippen LogP contribution >= 0.6 is 0 Å². The van der Waals surface area contributed by atoms with Gasteiger partial charge in [-0.3, -0.25) is 4.68 Å². The summed E-state index contributed by atoms with van der Waals surface area (Å²) in [4.78, 5) is 0. The molecule has 0 unspecified atom stereocenters. The van der Waals surface area contributed by atoms with E-state index in [0.717, 1.165) is 0 Å². The number of hydrogen-bond donors (Lipinski definition) is 0. The van der Waals surface area contributed by atoms with Crippen molar-refractivity contribution in [3.8, 4) is 0 Å². The van der Waals surface area contributed by atoms with Crippen LogP contribution < -0.4 is 0 Å². The van der Waals surface area contributed by atoms with Crippen molar-refractivity contribution in [3.63, 3.8) is 0 Å². The highest BCUT2D eigenvalue weighted by Gasteiger charge is 1.81. The molecule has 0 radical (unpaired) electrons. The second-order valence-corrected chi connectivity index (χ2v) is 1.69. The third-order valence-electron chi connectivity index (χ3n) is 0.834. The maximum atomic E-state index is 3.93. The maximum absolute atomic E-state index is 3.93. The first-order valence-electron chi connectivity index (χ1n) is 2.24. The Hall–Kier alpha value is -0.790. The molecule has 2 heteroatoms. The highest BCUT2D eigenvalue weighted by atomic mass is 15.2. The van der Waals surface area contributed by atoms with Gasteiger partial charge in [0, 0.05) is 13.2 Å². The van der Waals surface area contributed by atoms with E-state index >= 15 is 0 Å². The van der Waals surface area contributed by atoms with Crippen LogP contribution in [0.25, 0.3) is 0 Å². The molecule has 9 heavy (non-hydrogen) atoms. The van der Waals surface area contributed by atoms with Crippen LogP contribution in [0.1, 0.15) is 20.4 Å². The Balaban J connectivity index is 0. The summed E-state index contributed by atoms with van der Waals surface area (Å²) >= 11 is 0. The lowest BCUT2D eigenvalue weighted by Gasteiger charge is -1.78. The third kappa shape index (κ3) is 2.90. The van der Waals surface area contributed by atoms with E-state index < -0.39 is 0 Å². The van der Waals surface area contributed by atoms with Crippen LogP contribution in [0.4, 0.5) is 0 Å². The molecule has 54 valence electrons. The fourth-order valence-corrected chi connectivity index (χ4v) is 0.544. The van der Waals surface area contributed by atoms with E-state index in [-0.39, 0.29) is 14.9 Å². The van der Waals surface area contributed by atoms with Gasteiger partial charge in [0.15, 0.2) is 0 Å². The topological polar surface area (TPSA) is 17.8 Å². The van der Waals surface area contributed by atoms with Crippen molar-refractivity contribution in [1.29, 1.82) is 0 Å². The molecule has 1 aromatic heterocycles. The lowest BCUT2D eigenvalue weighted by molar-refractivity contribution is 0.767. The highest BCUT2D eigenvalue weighted by Crippen LogP contribution is 1.88. The molecule has 0 aromatic carbocycles. The molecule has 0 amide bonds. The molecule has 0 fully saturated rings. The summed E-state index contributed by atoms with van der Waals surface area (Å²) in [6.07, 6.45) is 3.81. The van der Waals surface area contributed by atoms with E-state index in [1.54, 1.807) is 4.68 Å². The van der Waals surface area contributed by atoms with Crippen molar-refractivity contribution in [2.75, 3.05) is 0 Å². The predicted molar refractivity (Wildman–Crippen MR) is 41.4 cm³/mol. The van der Waals surface area contributed by atoms with Gasteiger partial charge in [-0.25, -0.2) is 0 Å². The molecule has 0 N–H and O–H groups in total. The average Bonchev–Trinajstić information content (AvgIpc) is 1.87. The minimum atomic E-state index is 0. The standard InChI is InChI=1S/C5H8N2.2CH4/c1-5-3-6-7(2)4-5;;/h3-4H,1-2H3;2*1H4. The number of aromatic nitrogens is 2. The van der Waals surface area contributed by atoms with Gasteiger partial charge in [-0.15, -0.1) is 0 Å². The van der Waals surface area contributed by atoms with Gasteiger partial charge in [-0.05, 0) is 12.5 Å². The first-order chi connectivity index (χ1) is 3.29. The normalized spacial score (nSPS) is 7.33. The molecular formula is C7H16N2. The van der Waals surface area contributed by atoms with Gasteiger partial charge in [0.1, 0.15) is 0 Å². The van der Waals surface area contributed by atoms with Crippen molar-refractivity contribution < 1.29 is 0 Å². The van der Waals surface area contributed by atoms with Crippen LogP contribution in [0, 0.1) is 6.92 Å². The van der Waals surface area contributed by atoms with Crippen LogP contribution in [0.5, 0.6) is 0 Å². The van der Waals surface area contributed by atoms with Crippen molar-refractivity contribution in [2.45, 2.75) is 21.8 Å². The van der Waals surface area contributed by atoms with Crippen LogP contribution in [-0.4, -0.2) is 9.78 Å². The molecule has 0 spiro atoms. The monoisotopic (exact) mass is 128 g/mol. The summed E-state index contributed by atoms with van der Waals surface area (Å²) in [6, 6.07) is 0. The van der Waals surface area contributed by atoms with Crippen LogP contribution in [0.3, 0.4) is 0 Å². The van der Waals surface area contributed by atoms with Gasteiger partial charge in [0.05, 0.1) is 6.20 Å². The zero-order valence-electron chi connectivity index (χ0n) is 4.55. The maximum Gasteiger partial charge on any atom is 0.0518 e. The van der Waals surface area contributed by atoms with E-state index in [1.807, 2.05) is 26.4 Å². The van der Waals surface area contributed by atoms with Crippen molar-refractivity contribution >= 4 is 0 Å². The van der Waals surface area contributed by atoms with Gasteiger partial charge >= 0.3 is 0 Å². The fourth-order valence-electron chi connectivity index (χ4n) is 0.544. The van der Waals surface area contributed by atoms with Crippen molar-refractivity contribution in [2.24, 2.45) is 7.05 Å². The number of hydrogen-bond acceptors (Lipinski definition) is 1. The zero-order chi connectivity index (χ0) is 5.28. The first kappa shape index (κ1) is 11.1. The minimum Gasteiger partial charge on any atom is -0.276 e. The smallest absolute Gasteiger partial charge is 0.0518 e. The molecule has 0 saturated carbocycles. The lowest BCUT2D eigenvalue weighted by Crippen LogP contribution is -1.83. The Labute approximate surface area is 57.5 Å². The van der Waals surface area contributed by atoms with E-state index in [1.165, 1.54) is 5.56 Å². The summed E-state index contributed by atoms with van der Waals surface area (Å²) < 4.78 is 1.79. The van der Waals surface area contributed by atoms with E-state index in [4.69, 9.17) is 0 Å². The van der Waals surface area contributed by atoms with Crippen LogP contribution in [0.2, 0.25) is 0 Å². The number of rotatable bonds is 0. The molecule has 0 saturated heterocycles. The molecule has 1 rings (SSSR count). The molecule has 0 atom stereocenters. The predicted octanol–water partition coefficient (Wildman–Crippen LogP) is 2.00. The second kappa shape index (κ2) is 4.13. The summed E-state index contributed by atoms with van der Waals surface area (Å²) in [5.41, 5.74) is 1.21. The first-order valence-corrected chi connectivity index (χ1v) is 2.24. The lowest BCUT2D eigenvalue weighted by atomic mass is 10.4. The quantitative estimate of drug-likeness (QED) is 0.522. The Morgan fingerprint density at radius 1 is 1.44 bits per heavy atom. The third-order valence-corrected chi connectivity index (χ3v) is 0.834. The van der Waals surface area contributed by atoms with Gasteiger partial charge in [-0.2, -0.15) is 5.10 Å². The van der Waals surface area contributed by atoms with Crippen molar-refractivity contribution in [1.82, 2.24) is 9.78 Å². The molecule has 0 bridgehead atoms. The molecule has 0 aliphatic carbocycles. The van der Waals surface area contributed by atoms with E-state index in [2.05, 4.69) is 5.10 Å². The SMILES string of the molecule is C.C.Cc1cnn(C)c1. The average molecular weight is 128 g/mol. The van der Waals surface area contributed by atoms with Crippen LogP contribution in [0.15, 0.2) is 12.4 Å². The molecule has 1 aromatic rings.